The second kappa shape index (κ2) is 6.99. The van der Waals surface area contributed by atoms with Crippen LogP contribution in [0.5, 0.6) is 0 Å². The molecule has 0 aliphatic heterocycles. The summed E-state index contributed by atoms with van der Waals surface area (Å²) in [5, 5.41) is 9.06. The molecule has 108 valence electrons. The fourth-order valence-corrected chi connectivity index (χ4v) is 2.59. The van der Waals surface area contributed by atoms with E-state index in [0.29, 0.717) is 4.47 Å². The molecule has 0 aliphatic carbocycles. The van der Waals surface area contributed by atoms with E-state index < -0.39 is 11.5 Å². The summed E-state index contributed by atoms with van der Waals surface area (Å²) in [7, 11) is 0. The number of nitriles is 1. The summed E-state index contributed by atoms with van der Waals surface area (Å²) in [4.78, 5) is 11.2. The van der Waals surface area contributed by atoms with E-state index in [1.165, 1.54) is 12.1 Å². The van der Waals surface area contributed by atoms with Crippen LogP contribution in [-0.4, -0.2) is 18.1 Å². The predicted molar refractivity (Wildman–Crippen MR) is 71.1 cm³/mol. The van der Waals surface area contributed by atoms with Crippen LogP contribution in [0.15, 0.2) is 21.5 Å². The van der Waals surface area contributed by atoms with Crippen LogP contribution in [0, 0.1) is 11.3 Å². The second-order valence-corrected chi connectivity index (χ2v) is 5.50. The number of carbonyl (C=O) groups is 1. The Morgan fingerprint density at radius 2 is 2.15 bits per heavy atom. The number of ether oxygens (including phenoxy) is 1. The van der Waals surface area contributed by atoms with Crippen molar-refractivity contribution < 1.29 is 22.7 Å². The molecule has 1 aromatic rings. The number of rotatable bonds is 4. The van der Waals surface area contributed by atoms with Gasteiger partial charge in [0, 0.05) is 9.37 Å². The number of nitrogens with zero attached hydrogens (tertiary/aromatic N) is 1. The number of carbonyl (C=O) groups excluding carboxylic acids is 1. The first kappa shape index (κ1) is 16.9. The standard InChI is InChI=1S/C12H9BrF3NO2S/c1-2-19-11(18)5-7-8(6-17)10(4-3-9(7)13)20-12(14,15)16/h3-4H,2,5H2,1H3. The van der Waals surface area contributed by atoms with Crippen LogP contribution in [0.25, 0.3) is 0 Å². The maximum atomic E-state index is 12.4. The molecule has 8 heteroatoms. The zero-order valence-corrected chi connectivity index (χ0v) is 12.7. The Hall–Kier alpha value is -1.20. The minimum absolute atomic E-state index is 0.162. The molecule has 1 rings (SSSR count). The summed E-state index contributed by atoms with van der Waals surface area (Å²) in [6.07, 6.45) is -0.260. The Kier molecular flexibility index (Phi) is 5.89. The highest BCUT2D eigenvalue weighted by atomic mass is 79.9. The van der Waals surface area contributed by atoms with Crippen LogP contribution < -0.4 is 0 Å². The van der Waals surface area contributed by atoms with Crippen LogP contribution in [0.3, 0.4) is 0 Å². The van der Waals surface area contributed by atoms with Crippen molar-refractivity contribution in [2.75, 3.05) is 6.61 Å². The molecular formula is C12H9BrF3NO2S. The van der Waals surface area contributed by atoms with Crippen molar-refractivity contribution in [3.63, 3.8) is 0 Å². The van der Waals surface area contributed by atoms with Crippen molar-refractivity contribution in [1.82, 2.24) is 0 Å². The normalized spacial score (nSPS) is 11.0. The summed E-state index contributed by atoms with van der Waals surface area (Å²) in [6, 6.07) is 4.28. The van der Waals surface area contributed by atoms with Gasteiger partial charge in [-0.05, 0) is 36.4 Å². The molecule has 0 atom stereocenters. The fraction of sp³-hybridized carbons (Fsp3) is 0.333. The SMILES string of the molecule is CCOC(=O)Cc1c(Br)ccc(SC(F)(F)F)c1C#N. The van der Waals surface area contributed by atoms with Gasteiger partial charge in [0.05, 0.1) is 18.6 Å². The maximum Gasteiger partial charge on any atom is 0.446 e. The highest BCUT2D eigenvalue weighted by Crippen LogP contribution is 2.40. The number of benzene rings is 1. The third kappa shape index (κ3) is 4.72. The van der Waals surface area contributed by atoms with Crippen LogP contribution in [0.4, 0.5) is 13.2 Å². The highest BCUT2D eigenvalue weighted by molar-refractivity contribution is 9.10. The van der Waals surface area contributed by atoms with Crippen LogP contribution >= 0.6 is 27.7 Å². The van der Waals surface area contributed by atoms with Gasteiger partial charge in [0.15, 0.2) is 0 Å². The van der Waals surface area contributed by atoms with Gasteiger partial charge in [-0.25, -0.2) is 0 Å². The van der Waals surface area contributed by atoms with E-state index in [1.54, 1.807) is 13.0 Å². The summed E-state index contributed by atoms with van der Waals surface area (Å²) in [5.41, 5.74) is -4.48. The third-order valence-corrected chi connectivity index (χ3v) is 3.72. The average Bonchev–Trinajstić information content (AvgIpc) is 2.32. The Morgan fingerprint density at radius 3 is 2.65 bits per heavy atom. The molecule has 1 aromatic carbocycles. The Labute approximate surface area is 126 Å². The summed E-state index contributed by atoms with van der Waals surface area (Å²) >= 11 is 2.75. The molecule has 0 N–H and O–H groups in total. The van der Waals surface area contributed by atoms with Crippen LogP contribution in [0.2, 0.25) is 0 Å². The monoisotopic (exact) mass is 367 g/mol. The number of alkyl halides is 3. The lowest BCUT2D eigenvalue weighted by Gasteiger charge is -2.12. The average molecular weight is 368 g/mol. The molecule has 0 radical (unpaired) electrons. The van der Waals surface area contributed by atoms with E-state index in [1.807, 2.05) is 0 Å². The van der Waals surface area contributed by atoms with Crippen molar-refractivity contribution in [2.24, 2.45) is 0 Å². The number of hydrogen-bond acceptors (Lipinski definition) is 4. The molecule has 0 saturated carbocycles. The van der Waals surface area contributed by atoms with E-state index in [9.17, 15) is 18.0 Å². The molecule has 0 unspecified atom stereocenters. The van der Waals surface area contributed by atoms with Crippen LogP contribution in [0.1, 0.15) is 18.1 Å². The fourth-order valence-electron chi connectivity index (χ4n) is 1.46. The first-order valence-corrected chi connectivity index (χ1v) is 7.02. The molecule has 0 spiro atoms. The Bertz CT molecular complexity index is 555. The van der Waals surface area contributed by atoms with Gasteiger partial charge in [0.1, 0.15) is 6.07 Å². The van der Waals surface area contributed by atoms with Crippen molar-refractivity contribution >= 4 is 33.7 Å². The van der Waals surface area contributed by atoms with Gasteiger partial charge in [-0.2, -0.15) is 18.4 Å². The van der Waals surface area contributed by atoms with E-state index in [2.05, 4.69) is 15.9 Å². The third-order valence-electron chi connectivity index (χ3n) is 2.18. The van der Waals surface area contributed by atoms with Gasteiger partial charge < -0.3 is 4.74 Å². The number of hydrogen-bond donors (Lipinski definition) is 0. The van der Waals surface area contributed by atoms with E-state index in [4.69, 9.17) is 10.00 Å². The summed E-state index contributed by atoms with van der Waals surface area (Å²) in [5.74, 6) is -0.598. The zero-order valence-electron chi connectivity index (χ0n) is 10.3. The molecule has 0 bridgehead atoms. The van der Waals surface area contributed by atoms with Gasteiger partial charge in [-0.15, -0.1) is 0 Å². The van der Waals surface area contributed by atoms with Gasteiger partial charge >= 0.3 is 11.5 Å². The van der Waals surface area contributed by atoms with Gasteiger partial charge in [0.2, 0.25) is 0 Å². The lowest BCUT2D eigenvalue weighted by Crippen LogP contribution is -2.10. The summed E-state index contributed by atoms with van der Waals surface area (Å²) < 4.78 is 42.4. The molecule has 0 saturated heterocycles. The first-order valence-electron chi connectivity index (χ1n) is 5.41. The maximum absolute atomic E-state index is 12.4. The quantitative estimate of drug-likeness (QED) is 0.595. The first-order chi connectivity index (χ1) is 9.28. The highest BCUT2D eigenvalue weighted by Gasteiger charge is 2.31. The molecular weight excluding hydrogens is 359 g/mol. The molecule has 0 amide bonds. The van der Waals surface area contributed by atoms with Crippen molar-refractivity contribution in [3.8, 4) is 6.07 Å². The zero-order chi connectivity index (χ0) is 15.3. The van der Waals surface area contributed by atoms with Crippen molar-refractivity contribution in [3.05, 3.63) is 27.7 Å². The predicted octanol–water partition coefficient (Wildman–Crippen LogP) is 4.04. The molecule has 0 heterocycles. The van der Waals surface area contributed by atoms with Gasteiger partial charge in [-0.3, -0.25) is 4.79 Å². The Balaban J connectivity index is 3.19. The van der Waals surface area contributed by atoms with E-state index >= 15 is 0 Å². The van der Waals surface area contributed by atoms with E-state index in [0.717, 1.165) is 0 Å². The van der Waals surface area contributed by atoms with Crippen molar-refractivity contribution in [1.29, 1.82) is 5.26 Å². The summed E-state index contributed by atoms with van der Waals surface area (Å²) in [6.45, 7) is 1.78. The molecule has 20 heavy (non-hydrogen) atoms. The van der Waals surface area contributed by atoms with Gasteiger partial charge in [0.25, 0.3) is 0 Å². The minimum atomic E-state index is -4.50. The number of thioether (sulfide) groups is 1. The number of halogens is 4. The number of esters is 1. The van der Waals surface area contributed by atoms with E-state index in [-0.39, 0.29) is 40.8 Å². The lowest BCUT2D eigenvalue weighted by molar-refractivity contribution is -0.142. The smallest absolute Gasteiger partial charge is 0.446 e. The molecule has 0 aromatic heterocycles. The minimum Gasteiger partial charge on any atom is -0.466 e. The lowest BCUT2D eigenvalue weighted by atomic mass is 10.1. The topological polar surface area (TPSA) is 50.1 Å². The molecule has 0 aliphatic rings. The molecule has 3 nitrogen and oxygen atoms in total. The Morgan fingerprint density at radius 1 is 1.50 bits per heavy atom. The van der Waals surface area contributed by atoms with Gasteiger partial charge in [-0.1, -0.05) is 15.9 Å². The largest absolute Gasteiger partial charge is 0.466 e. The second-order valence-electron chi connectivity index (χ2n) is 3.54. The van der Waals surface area contributed by atoms with Crippen molar-refractivity contribution in [2.45, 2.75) is 23.7 Å². The van der Waals surface area contributed by atoms with Crippen LogP contribution in [-0.2, 0) is 16.0 Å². The molecule has 0 fully saturated rings.